The molecule has 0 aliphatic carbocycles. The summed E-state index contributed by atoms with van der Waals surface area (Å²) >= 11 is 21.3. The fourth-order valence-corrected chi connectivity index (χ4v) is 2.38. The first-order chi connectivity index (χ1) is 8.60. The molecule has 0 saturated carbocycles. The van der Waals surface area contributed by atoms with Gasteiger partial charge in [0, 0.05) is 27.0 Å². The Labute approximate surface area is 129 Å². The summed E-state index contributed by atoms with van der Waals surface area (Å²) in [5, 5.41) is 2.38. The van der Waals surface area contributed by atoms with Gasteiger partial charge in [-0.3, -0.25) is 0 Å². The van der Waals surface area contributed by atoms with E-state index in [0.29, 0.717) is 31.9 Å². The molecule has 18 heavy (non-hydrogen) atoms. The van der Waals surface area contributed by atoms with Crippen molar-refractivity contribution in [2.45, 2.75) is 5.33 Å². The van der Waals surface area contributed by atoms with E-state index in [1.54, 1.807) is 30.3 Å². The zero-order chi connectivity index (χ0) is 13.1. The second-order valence-electron chi connectivity index (χ2n) is 3.56. The van der Waals surface area contributed by atoms with Crippen molar-refractivity contribution in [2.24, 2.45) is 0 Å². The maximum atomic E-state index is 6.05. The highest BCUT2D eigenvalue weighted by molar-refractivity contribution is 9.08. The summed E-state index contributed by atoms with van der Waals surface area (Å²) in [5.41, 5.74) is 0.943. The Morgan fingerprint density at radius 2 is 1.56 bits per heavy atom. The van der Waals surface area contributed by atoms with Crippen LogP contribution in [0.5, 0.6) is 11.5 Å². The molecule has 2 aromatic rings. The Hall–Kier alpha value is -0.410. The molecule has 0 unspecified atom stereocenters. The molecule has 0 saturated heterocycles. The van der Waals surface area contributed by atoms with Crippen LogP contribution in [-0.2, 0) is 5.33 Å². The normalized spacial score (nSPS) is 10.4. The van der Waals surface area contributed by atoms with Crippen LogP contribution in [0.2, 0.25) is 15.1 Å². The van der Waals surface area contributed by atoms with Crippen LogP contribution in [0.25, 0.3) is 0 Å². The fourth-order valence-electron chi connectivity index (χ4n) is 1.43. The third-order valence-corrected chi connectivity index (χ3v) is 3.67. The molecule has 0 heterocycles. The lowest BCUT2D eigenvalue weighted by molar-refractivity contribution is 0.479. The van der Waals surface area contributed by atoms with Crippen LogP contribution < -0.4 is 4.74 Å². The summed E-state index contributed by atoms with van der Waals surface area (Å²) < 4.78 is 5.76. The minimum atomic E-state index is 0.509. The highest BCUT2D eigenvalue weighted by Crippen LogP contribution is 2.34. The molecular formula is C13H8BrCl3O. The van der Waals surface area contributed by atoms with E-state index in [1.165, 1.54) is 0 Å². The van der Waals surface area contributed by atoms with Crippen LogP contribution in [-0.4, -0.2) is 0 Å². The first kappa shape index (κ1) is 14.0. The van der Waals surface area contributed by atoms with Crippen molar-refractivity contribution in [3.8, 4) is 11.5 Å². The van der Waals surface area contributed by atoms with E-state index in [1.807, 2.05) is 6.07 Å². The number of benzene rings is 2. The van der Waals surface area contributed by atoms with Gasteiger partial charge in [-0.05, 0) is 30.3 Å². The van der Waals surface area contributed by atoms with E-state index in [9.17, 15) is 0 Å². The number of rotatable bonds is 3. The smallest absolute Gasteiger partial charge is 0.147 e. The highest BCUT2D eigenvalue weighted by Gasteiger charge is 2.08. The Bertz CT molecular complexity index is 572. The molecule has 0 aliphatic rings. The van der Waals surface area contributed by atoms with Crippen LogP contribution in [0.4, 0.5) is 0 Å². The van der Waals surface area contributed by atoms with Crippen LogP contribution in [0.15, 0.2) is 36.4 Å². The predicted molar refractivity (Wildman–Crippen MR) is 80.6 cm³/mol. The number of hydrogen-bond acceptors (Lipinski definition) is 1. The number of hydrogen-bond donors (Lipinski definition) is 0. The van der Waals surface area contributed by atoms with Gasteiger partial charge < -0.3 is 4.74 Å². The summed E-state index contributed by atoms with van der Waals surface area (Å²) in [4.78, 5) is 0. The Kier molecular flexibility index (Phi) is 4.79. The summed E-state index contributed by atoms with van der Waals surface area (Å²) in [6.45, 7) is 0. The number of halogens is 4. The third-order valence-electron chi connectivity index (χ3n) is 2.28. The Balaban J connectivity index is 2.36. The first-order valence-electron chi connectivity index (χ1n) is 5.07. The lowest BCUT2D eigenvalue weighted by Crippen LogP contribution is -1.90. The average molecular weight is 366 g/mol. The zero-order valence-corrected chi connectivity index (χ0v) is 12.9. The van der Waals surface area contributed by atoms with Gasteiger partial charge in [0.25, 0.3) is 0 Å². The van der Waals surface area contributed by atoms with Gasteiger partial charge in [0.1, 0.15) is 11.5 Å². The maximum Gasteiger partial charge on any atom is 0.147 e. The van der Waals surface area contributed by atoms with E-state index < -0.39 is 0 Å². The van der Waals surface area contributed by atoms with Gasteiger partial charge in [0.2, 0.25) is 0 Å². The van der Waals surface area contributed by atoms with E-state index in [-0.39, 0.29) is 0 Å². The van der Waals surface area contributed by atoms with E-state index in [0.717, 1.165) is 5.56 Å². The largest absolute Gasteiger partial charge is 0.455 e. The van der Waals surface area contributed by atoms with Crippen molar-refractivity contribution in [3.05, 3.63) is 57.0 Å². The summed E-state index contributed by atoms with van der Waals surface area (Å²) in [7, 11) is 0. The van der Waals surface area contributed by atoms with Crippen molar-refractivity contribution < 1.29 is 4.74 Å². The average Bonchev–Trinajstić information content (AvgIpc) is 2.36. The van der Waals surface area contributed by atoms with E-state index >= 15 is 0 Å². The molecular weight excluding hydrogens is 358 g/mol. The Morgan fingerprint density at radius 3 is 2.28 bits per heavy atom. The van der Waals surface area contributed by atoms with Gasteiger partial charge in [0.05, 0.1) is 5.02 Å². The SMILES string of the molecule is Clc1ccc(Oc2cc(Cl)ccc2Cl)c(CBr)c1. The lowest BCUT2D eigenvalue weighted by atomic mass is 10.2. The highest BCUT2D eigenvalue weighted by atomic mass is 79.9. The molecule has 94 valence electrons. The number of ether oxygens (including phenoxy) is 1. The van der Waals surface area contributed by atoms with Crippen LogP contribution >= 0.6 is 50.7 Å². The fraction of sp³-hybridized carbons (Fsp3) is 0.0769. The van der Waals surface area contributed by atoms with Gasteiger partial charge in [-0.25, -0.2) is 0 Å². The topological polar surface area (TPSA) is 9.23 Å². The van der Waals surface area contributed by atoms with Crippen molar-refractivity contribution >= 4 is 50.7 Å². The molecule has 0 fully saturated rings. The first-order valence-corrected chi connectivity index (χ1v) is 7.33. The molecule has 2 aromatic carbocycles. The molecule has 5 heteroatoms. The zero-order valence-electron chi connectivity index (χ0n) is 9.09. The summed E-state index contributed by atoms with van der Waals surface area (Å²) in [6.07, 6.45) is 0. The van der Waals surface area contributed by atoms with Gasteiger partial charge in [0.15, 0.2) is 0 Å². The molecule has 0 radical (unpaired) electrons. The standard InChI is InChI=1S/C13H8BrCl3O/c14-7-8-5-9(15)2-4-12(8)18-13-6-10(16)1-3-11(13)17/h1-6H,7H2. The minimum Gasteiger partial charge on any atom is -0.455 e. The van der Waals surface area contributed by atoms with Crippen molar-refractivity contribution in [2.75, 3.05) is 0 Å². The quantitative estimate of drug-likeness (QED) is 0.576. The molecule has 2 rings (SSSR count). The molecule has 0 aromatic heterocycles. The van der Waals surface area contributed by atoms with Crippen LogP contribution in [0, 0.1) is 0 Å². The van der Waals surface area contributed by atoms with E-state index in [2.05, 4.69) is 15.9 Å². The van der Waals surface area contributed by atoms with E-state index in [4.69, 9.17) is 39.5 Å². The molecule has 0 bridgehead atoms. The third kappa shape index (κ3) is 3.33. The second kappa shape index (κ2) is 6.16. The van der Waals surface area contributed by atoms with Crippen LogP contribution in [0.1, 0.15) is 5.56 Å². The van der Waals surface area contributed by atoms with Gasteiger partial charge in [-0.2, -0.15) is 0 Å². The monoisotopic (exact) mass is 364 g/mol. The summed E-state index contributed by atoms with van der Waals surface area (Å²) in [6, 6.07) is 10.5. The van der Waals surface area contributed by atoms with Gasteiger partial charge >= 0.3 is 0 Å². The molecule has 0 amide bonds. The second-order valence-corrected chi connectivity index (χ2v) is 5.40. The molecule has 1 nitrogen and oxygen atoms in total. The van der Waals surface area contributed by atoms with Crippen molar-refractivity contribution in [1.82, 2.24) is 0 Å². The minimum absolute atomic E-state index is 0.509. The number of alkyl halides is 1. The van der Waals surface area contributed by atoms with Gasteiger partial charge in [-0.15, -0.1) is 0 Å². The lowest BCUT2D eigenvalue weighted by Gasteiger charge is -2.11. The molecule has 0 atom stereocenters. The summed E-state index contributed by atoms with van der Waals surface area (Å²) in [5.74, 6) is 1.22. The van der Waals surface area contributed by atoms with Crippen LogP contribution in [0.3, 0.4) is 0 Å². The molecule has 0 aliphatic heterocycles. The molecule has 0 N–H and O–H groups in total. The Morgan fingerprint density at radius 1 is 0.889 bits per heavy atom. The predicted octanol–water partition coefficient (Wildman–Crippen LogP) is 6.33. The maximum absolute atomic E-state index is 6.05. The van der Waals surface area contributed by atoms with Crippen molar-refractivity contribution in [3.63, 3.8) is 0 Å². The molecule has 0 spiro atoms. The van der Waals surface area contributed by atoms with Crippen molar-refractivity contribution in [1.29, 1.82) is 0 Å². The van der Waals surface area contributed by atoms with Gasteiger partial charge in [-0.1, -0.05) is 50.7 Å².